The van der Waals surface area contributed by atoms with Crippen LogP contribution in [0.2, 0.25) is 0 Å². The summed E-state index contributed by atoms with van der Waals surface area (Å²) >= 11 is 0. The predicted octanol–water partition coefficient (Wildman–Crippen LogP) is 2.16. The van der Waals surface area contributed by atoms with E-state index >= 15 is 0 Å². The van der Waals surface area contributed by atoms with Crippen LogP contribution in [0.3, 0.4) is 0 Å². The zero-order chi connectivity index (χ0) is 20.6. The Balaban J connectivity index is 1.24. The molecule has 2 heterocycles. The van der Waals surface area contributed by atoms with Gasteiger partial charge in [-0.05, 0) is 50.2 Å². The van der Waals surface area contributed by atoms with E-state index in [1.807, 2.05) is 30.3 Å². The molecule has 5 rings (SSSR count). The van der Waals surface area contributed by atoms with E-state index in [1.165, 1.54) is 12.4 Å². The highest BCUT2D eigenvalue weighted by Gasteiger charge is 2.51. The largest absolute Gasteiger partial charge is 0.353 e. The first-order chi connectivity index (χ1) is 14.7. The number of nitrogens with one attached hydrogen (secondary N) is 1. The minimum atomic E-state index is -0.345. The summed E-state index contributed by atoms with van der Waals surface area (Å²) in [7, 11) is 0. The van der Waals surface area contributed by atoms with Gasteiger partial charge in [0.15, 0.2) is 5.82 Å². The van der Waals surface area contributed by atoms with E-state index < -0.39 is 0 Å². The maximum Gasteiger partial charge on any atom is 0.267 e. The Morgan fingerprint density at radius 1 is 1.03 bits per heavy atom. The van der Waals surface area contributed by atoms with Crippen molar-refractivity contribution in [1.82, 2.24) is 29.9 Å². The van der Waals surface area contributed by atoms with E-state index in [4.69, 9.17) is 0 Å². The van der Waals surface area contributed by atoms with Crippen molar-refractivity contribution in [2.24, 2.45) is 0 Å². The summed E-state index contributed by atoms with van der Waals surface area (Å²) in [6, 6.07) is 13.4. The molecule has 0 unspecified atom stereocenters. The Labute approximate surface area is 174 Å². The second-order valence-corrected chi connectivity index (χ2v) is 8.24. The van der Waals surface area contributed by atoms with Crippen molar-refractivity contribution >= 4 is 5.91 Å². The predicted molar refractivity (Wildman–Crippen MR) is 110 cm³/mol. The summed E-state index contributed by atoms with van der Waals surface area (Å²) in [5.41, 5.74) is 0.646. The van der Waals surface area contributed by atoms with Crippen LogP contribution in [0.25, 0.3) is 5.82 Å². The number of benzene rings is 1. The van der Waals surface area contributed by atoms with Gasteiger partial charge in [-0.2, -0.15) is 5.10 Å². The monoisotopic (exact) mass is 404 g/mol. The molecule has 0 atom stereocenters. The standard InChI is InChI=1S/C22H24N6O2/c29-20-11-10-19(27-15-23-14-24-27)26-28(20)18-8-6-17(7-9-18)25-21(30)22(12-13-22)16-4-2-1-3-5-16/h1-5,10-11,14-15,17-18H,6-9,12-13H2,(H,25,30). The van der Waals surface area contributed by atoms with Gasteiger partial charge in [-0.3, -0.25) is 9.59 Å². The minimum Gasteiger partial charge on any atom is -0.353 e. The summed E-state index contributed by atoms with van der Waals surface area (Å²) in [5.74, 6) is 0.710. The van der Waals surface area contributed by atoms with Crippen molar-refractivity contribution in [3.8, 4) is 5.82 Å². The third-order valence-corrected chi connectivity index (χ3v) is 6.35. The van der Waals surface area contributed by atoms with E-state index in [0.717, 1.165) is 44.1 Å². The summed E-state index contributed by atoms with van der Waals surface area (Å²) in [4.78, 5) is 29.3. The van der Waals surface area contributed by atoms with Gasteiger partial charge in [0.25, 0.3) is 5.56 Å². The number of carbonyl (C=O) groups is 1. The van der Waals surface area contributed by atoms with E-state index in [1.54, 1.807) is 21.8 Å². The van der Waals surface area contributed by atoms with Crippen molar-refractivity contribution in [3.05, 3.63) is 71.0 Å². The number of aromatic nitrogens is 5. The fraction of sp³-hybridized carbons (Fsp3) is 0.409. The molecule has 0 spiro atoms. The van der Waals surface area contributed by atoms with Crippen LogP contribution in [0.1, 0.15) is 50.1 Å². The molecule has 1 N–H and O–H groups in total. The molecule has 30 heavy (non-hydrogen) atoms. The van der Waals surface area contributed by atoms with Crippen molar-refractivity contribution in [1.29, 1.82) is 0 Å². The lowest BCUT2D eigenvalue weighted by atomic mass is 9.89. The molecule has 2 aliphatic rings. The Bertz CT molecular complexity index is 1080. The molecule has 2 fully saturated rings. The number of nitrogens with zero attached hydrogens (tertiary/aromatic N) is 5. The molecule has 3 aromatic rings. The van der Waals surface area contributed by atoms with Crippen molar-refractivity contribution in [2.75, 3.05) is 0 Å². The van der Waals surface area contributed by atoms with Crippen LogP contribution >= 0.6 is 0 Å². The highest BCUT2D eigenvalue weighted by molar-refractivity contribution is 5.91. The minimum absolute atomic E-state index is 0.0260. The lowest BCUT2D eigenvalue weighted by molar-refractivity contribution is -0.124. The molecule has 0 radical (unpaired) electrons. The Hall–Kier alpha value is -3.29. The Kier molecular flexibility index (Phi) is 4.69. The third kappa shape index (κ3) is 3.42. The Morgan fingerprint density at radius 2 is 1.80 bits per heavy atom. The van der Waals surface area contributed by atoms with Crippen LogP contribution in [0.5, 0.6) is 0 Å². The average Bonchev–Trinajstić information content (AvgIpc) is 3.42. The second kappa shape index (κ2) is 7.51. The van der Waals surface area contributed by atoms with E-state index in [0.29, 0.717) is 5.82 Å². The van der Waals surface area contributed by atoms with Crippen LogP contribution in [0, 0.1) is 0 Å². The lowest BCUT2D eigenvalue weighted by Gasteiger charge is -2.30. The smallest absolute Gasteiger partial charge is 0.267 e. The molecule has 1 amide bonds. The molecule has 1 aromatic carbocycles. The summed E-state index contributed by atoms with van der Waals surface area (Å²) in [5, 5.41) is 11.8. The molecule has 2 aromatic heterocycles. The van der Waals surface area contributed by atoms with Gasteiger partial charge < -0.3 is 5.32 Å². The first kappa shape index (κ1) is 18.7. The van der Waals surface area contributed by atoms with Gasteiger partial charge in [-0.1, -0.05) is 30.3 Å². The number of rotatable bonds is 5. The molecule has 8 nitrogen and oxygen atoms in total. The van der Waals surface area contributed by atoms with Gasteiger partial charge in [0.05, 0.1) is 11.5 Å². The van der Waals surface area contributed by atoms with Gasteiger partial charge in [-0.25, -0.2) is 14.3 Å². The lowest BCUT2D eigenvalue weighted by Crippen LogP contribution is -2.44. The van der Waals surface area contributed by atoms with E-state index in [9.17, 15) is 9.59 Å². The van der Waals surface area contributed by atoms with Gasteiger partial charge in [0.1, 0.15) is 12.7 Å². The maximum absolute atomic E-state index is 13.0. The molecule has 2 saturated carbocycles. The number of amides is 1. The normalized spacial score (nSPS) is 22.4. The zero-order valence-corrected chi connectivity index (χ0v) is 16.6. The first-order valence-electron chi connectivity index (χ1n) is 10.5. The zero-order valence-electron chi connectivity index (χ0n) is 16.6. The molecular formula is C22H24N6O2. The molecular weight excluding hydrogens is 380 g/mol. The fourth-order valence-corrected chi connectivity index (χ4v) is 4.44. The van der Waals surface area contributed by atoms with Crippen LogP contribution in [-0.4, -0.2) is 36.5 Å². The summed E-state index contributed by atoms with van der Waals surface area (Å²) in [6.45, 7) is 0. The van der Waals surface area contributed by atoms with Gasteiger partial charge in [0, 0.05) is 12.1 Å². The molecule has 154 valence electrons. The maximum atomic E-state index is 13.0. The highest BCUT2D eigenvalue weighted by atomic mass is 16.2. The molecule has 2 aliphatic carbocycles. The fourth-order valence-electron chi connectivity index (χ4n) is 4.44. The topological polar surface area (TPSA) is 94.7 Å². The van der Waals surface area contributed by atoms with E-state index in [-0.39, 0.29) is 29.0 Å². The van der Waals surface area contributed by atoms with Crippen LogP contribution in [-0.2, 0) is 10.2 Å². The molecule has 0 aliphatic heterocycles. The summed E-state index contributed by atoms with van der Waals surface area (Å²) < 4.78 is 3.10. The SMILES string of the molecule is O=C(NC1CCC(n2nc(-n3cncn3)ccc2=O)CC1)C1(c2ccccc2)CC1. The van der Waals surface area contributed by atoms with Crippen LogP contribution < -0.4 is 10.9 Å². The molecule has 0 saturated heterocycles. The van der Waals surface area contributed by atoms with Crippen molar-refractivity contribution < 1.29 is 4.79 Å². The van der Waals surface area contributed by atoms with E-state index in [2.05, 4.69) is 20.5 Å². The third-order valence-electron chi connectivity index (χ3n) is 6.35. The van der Waals surface area contributed by atoms with Crippen molar-refractivity contribution in [2.45, 2.75) is 56.0 Å². The number of hydrogen-bond acceptors (Lipinski definition) is 5. The first-order valence-corrected chi connectivity index (χ1v) is 10.5. The van der Waals surface area contributed by atoms with Crippen LogP contribution in [0.15, 0.2) is 59.9 Å². The number of hydrogen-bond donors (Lipinski definition) is 1. The number of carbonyl (C=O) groups excluding carboxylic acids is 1. The highest BCUT2D eigenvalue weighted by Crippen LogP contribution is 2.48. The van der Waals surface area contributed by atoms with Crippen LogP contribution in [0.4, 0.5) is 0 Å². The second-order valence-electron chi connectivity index (χ2n) is 8.24. The van der Waals surface area contributed by atoms with Gasteiger partial charge >= 0.3 is 0 Å². The van der Waals surface area contributed by atoms with Gasteiger partial charge in [0.2, 0.25) is 5.91 Å². The summed E-state index contributed by atoms with van der Waals surface area (Å²) in [6.07, 6.45) is 8.09. The Morgan fingerprint density at radius 3 is 2.47 bits per heavy atom. The van der Waals surface area contributed by atoms with Crippen molar-refractivity contribution in [3.63, 3.8) is 0 Å². The molecule has 8 heteroatoms. The average molecular weight is 404 g/mol. The quantitative estimate of drug-likeness (QED) is 0.703. The van der Waals surface area contributed by atoms with Gasteiger partial charge in [-0.15, -0.1) is 5.10 Å². The molecule has 0 bridgehead atoms.